The van der Waals surface area contributed by atoms with Crippen LogP contribution in [0.1, 0.15) is 18.4 Å². The van der Waals surface area contributed by atoms with Crippen LogP contribution < -0.4 is 5.32 Å². The summed E-state index contributed by atoms with van der Waals surface area (Å²) >= 11 is 1.46. The Hall–Kier alpha value is -1.49. The number of hydrogen-bond acceptors (Lipinski definition) is 3. The summed E-state index contributed by atoms with van der Waals surface area (Å²) in [5.41, 5.74) is 0.973. The Labute approximate surface area is 102 Å². The number of carbonyl (C=O) groups excluding carboxylic acids is 1. The van der Waals surface area contributed by atoms with Gasteiger partial charge in [-0.2, -0.15) is 0 Å². The minimum atomic E-state index is -0.748. The molecule has 3 rings (SSSR count). The summed E-state index contributed by atoms with van der Waals surface area (Å²) in [6, 6.07) is 5.52. The van der Waals surface area contributed by atoms with E-state index in [0.29, 0.717) is 18.6 Å². The number of rotatable bonds is 2. The first-order valence-corrected chi connectivity index (χ1v) is 6.41. The van der Waals surface area contributed by atoms with Crippen molar-refractivity contribution in [3.8, 4) is 0 Å². The maximum Gasteiger partial charge on any atom is 0.314 e. The number of benzene rings is 1. The lowest BCUT2D eigenvalue weighted by molar-refractivity contribution is -0.140. The van der Waals surface area contributed by atoms with Gasteiger partial charge in [0, 0.05) is 4.90 Å². The third kappa shape index (κ3) is 1.61. The number of nitrogens with one attached hydrogen (secondary N) is 1. The quantitative estimate of drug-likeness (QED) is 0.839. The highest BCUT2D eigenvalue weighted by Crippen LogP contribution is 2.50. The van der Waals surface area contributed by atoms with E-state index in [1.807, 2.05) is 12.1 Å². The molecule has 0 aromatic heterocycles. The molecule has 0 spiro atoms. The van der Waals surface area contributed by atoms with Crippen LogP contribution in [0.5, 0.6) is 0 Å². The summed E-state index contributed by atoms with van der Waals surface area (Å²) in [6.07, 6.45) is 1.41. The summed E-state index contributed by atoms with van der Waals surface area (Å²) in [6.45, 7) is 0. The zero-order valence-electron chi connectivity index (χ0n) is 9.03. The van der Waals surface area contributed by atoms with E-state index in [2.05, 4.69) is 5.32 Å². The standard InChI is InChI=1S/C12H11NO3S/c14-10-6-17-9-5-7(1-2-8(9)13-10)12(3-4-12)11(15)16/h1-2,5H,3-4,6H2,(H,13,14)(H,15,16). The zero-order valence-corrected chi connectivity index (χ0v) is 9.84. The summed E-state index contributed by atoms with van der Waals surface area (Å²) in [4.78, 5) is 23.4. The highest BCUT2D eigenvalue weighted by molar-refractivity contribution is 8.00. The number of hydrogen-bond donors (Lipinski definition) is 2. The summed E-state index contributed by atoms with van der Waals surface area (Å²) in [5, 5.41) is 12.0. The molecule has 0 bridgehead atoms. The molecule has 0 unspecified atom stereocenters. The van der Waals surface area contributed by atoms with Crippen molar-refractivity contribution in [3.63, 3.8) is 0 Å². The fraction of sp³-hybridized carbons (Fsp3) is 0.333. The molecule has 4 nitrogen and oxygen atoms in total. The molecule has 1 amide bonds. The average molecular weight is 249 g/mol. The summed E-state index contributed by atoms with van der Waals surface area (Å²) in [7, 11) is 0. The van der Waals surface area contributed by atoms with E-state index in [-0.39, 0.29) is 5.91 Å². The van der Waals surface area contributed by atoms with E-state index >= 15 is 0 Å². The van der Waals surface area contributed by atoms with Crippen molar-refractivity contribution in [2.45, 2.75) is 23.2 Å². The molecule has 2 aliphatic rings. The first-order valence-electron chi connectivity index (χ1n) is 5.42. The zero-order chi connectivity index (χ0) is 12.0. The number of aliphatic carboxylic acids is 1. The van der Waals surface area contributed by atoms with E-state index in [0.717, 1.165) is 16.1 Å². The molecule has 1 aromatic carbocycles. The van der Waals surface area contributed by atoms with Crippen molar-refractivity contribution in [1.29, 1.82) is 0 Å². The molecule has 0 radical (unpaired) electrons. The Morgan fingerprint density at radius 1 is 1.41 bits per heavy atom. The predicted octanol–water partition coefficient (Wildman–Crippen LogP) is 1.85. The molecule has 17 heavy (non-hydrogen) atoms. The normalized spacial score (nSPS) is 20.4. The van der Waals surface area contributed by atoms with Crippen molar-refractivity contribution < 1.29 is 14.7 Å². The Morgan fingerprint density at radius 2 is 2.18 bits per heavy atom. The van der Waals surface area contributed by atoms with Crippen LogP contribution in [0.4, 0.5) is 5.69 Å². The highest BCUT2D eigenvalue weighted by atomic mass is 32.2. The summed E-state index contributed by atoms with van der Waals surface area (Å²) < 4.78 is 0. The van der Waals surface area contributed by atoms with Gasteiger partial charge in [-0.1, -0.05) is 6.07 Å². The van der Waals surface area contributed by atoms with Crippen LogP contribution in [0, 0.1) is 0 Å². The van der Waals surface area contributed by atoms with E-state index < -0.39 is 11.4 Å². The SMILES string of the molecule is O=C1CSc2cc(C3(C(=O)O)CC3)ccc2N1. The molecule has 5 heteroatoms. The van der Waals surface area contributed by atoms with Crippen LogP contribution >= 0.6 is 11.8 Å². The van der Waals surface area contributed by atoms with Gasteiger partial charge in [-0.05, 0) is 30.5 Å². The van der Waals surface area contributed by atoms with Crippen LogP contribution in [-0.2, 0) is 15.0 Å². The van der Waals surface area contributed by atoms with Gasteiger partial charge in [-0.15, -0.1) is 11.8 Å². The van der Waals surface area contributed by atoms with Crippen molar-refractivity contribution in [2.24, 2.45) is 0 Å². The minimum absolute atomic E-state index is 0.00498. The average Bonchev–Trinajstić information content (AvgIpc) is 3.09. The molecule has 1 aromatic rings. The molecule has 2 N–H and O–H groups in total. The number of fused-ring (bicyclic) bond motifs is 1. The van der Waals surface area contributed by atoms with Crippen molar-refractivity contribution >= 4 is 29.3 Å². The van der Waals surface area contributed by atoms with E-state index in [4.69, 9.17) is 0 Å². The summed E-state index contributed by atoms with van der Waals surface area (Å²) in [5.74, 6) is -0.354. The second kappa shape index (κ2) is 3.50. The lowest BCUT2D eigenvalue weighted by Crippen LogP contribution is -2.22. The monoisotopic (exact) mass is 249 g/mol. The number of thioether (sulfide) groups is 1. The Balaban J connectivity index is 1.99. The number of carbonyl (C=O) groups is 2. The van der Waals surface area contributed by atoms with Gasteiger partial charge in [0.05, 0.1) is 16.9 Å². The molecule has 1 fully saturated rings. The highest BCUT2D eigenvalue weighted by Gasteiger charge is 2.51. The van der Waals surface area contributed by atoms with Crippen molar-refractivity contribution in [1.82, 2.24) is 0 Å². The van der Waals surface area contributed by atoms with Gasteiger partial charge < -0.3 is 10.4 Å². The smallest absolute Gasteiger partial charge is 0.314 e. The van der Waals surface area contributed by atoms with Crippen molar-refractivity contribution in [3.05, 3.63) is 23.8 Å². The van der Waals surface area contributed by atoms with Crippen LogP contribution in [0.15, 0.2) is 23.1 Å². The first kappa shape index (κ1) is 10.7. The molecule has 1 aliphatic heterocycles. The molecule has 88 valence electrons. The van der Waals surface area contributed by atoms with Crippen LogP contribution in [-0.4, -0.2) is 22.7 Å². The maximum atomic E-state index is 11.2. The maximum absolute atomic E-state index is 11.2. The van der Waals surface area contributed by atoms with Gasteiger partial charge in [0.2, 0.25) is 5.91 Å². The molecule has 1 heterocycles. The second-order valence-corrected chi connectivity index (χ2v) is 5.45. The lowest BCUT2D eigenvalue weighted by Gasteiger charge is -2.19. The Kier molecular flexibility index (Phi) is 2.19. The lowest BCUT2D eigenvalue weighted by atomic mass is 9.96. The van der Waals surface area contributed by atoms with E-state index in [1.54, 1.807) is 6.07 Å². The molecular weight excluding hydrogens is 238 g/mol. The Morgan fingerprint density at radius 3 is 2.82 bits per heavy atom. The molecule has 1 aliphatic carbocycles. The van der Waals surface area contributed by atoms with Crippen LogP contribution in [0.2, 0.25) is 0 Å². The van der Waals surface area contributed by atoms with Crippen molar-refractivity contribution in [2.75, 3.05) is 11.1 Å². The van der Waals surface area contributed by atoms with Crippen LogP contribution in [0.25, 0.3) is 0 Å². The number of carboxylic acid groups (broad SMARTS) is 1. The van der Waals surface area contributed by atoms with Gasteiger partial charge in [0.15, 0.2) is 0 Å². The molecular formula is C12H11NO3S. The number of carboxylic acids is 1. The fourth-order valence-electron chi connectivity index (χ4n) is 2.12. The number of anilines is 1. The van der Waals surface area contributed by atoms with Gasteiger partial charge in [-0.25, -0.2) is 0 Å². The number of amides is 1. The Bertz CT molecular complexity index is 522. The topological polar surface area (TPSA) is 66.4 Å². The first-order chi connectivity index (χ1) is 8.12. The van der Waals surface area contributed by atoms with E-state index in [9.17, 15) is 14.7 Å². The van der Waals surface area contributed by atoms with Gasteiger partial charge in [0.1, 0.15) is 0 Å². The molecule has 0 atom stereocenters. The van der Waals surface area contributed by atoms with E-state index in [1.165, 1.54) is 11.8 Å². The second-order valence-electron chi connectivity index (χ2n) is 4.44. The fourth-order valence-corrected chi connectivity index (χ4v) is 2.97. The third-order valence-corrected chi connectivity index (χ3v) is 4.38. The van der Waals surface area contributed by atoms with Gasteiger partial charge >= 0.3 is 5.97 Å². The van der Waals surface area contributed by atoms with Crippen LogP contribution in [0.3, 0.4) is 0 Å². The largest absolute Gasteiger partial charge is 0.481 e. The third-order valence-electron chi connectivity index (χ3n) is 3.33. The predicted molar refractivity (Wildman–Crippen MR) is 64.3 cm³/mol. The molecule has 1 saturated carbocycles. The van der Waals surface area contributed by atoms with Gasteiger partial charge in [-0.3, -0.25) is 9.59 Å². The molecule has 0 saturated heterocycles. The van der Waals surface area contributed by atoms with Gasteiger partial charge in [0.25, 0.3) is 0 Å². The minimum Gasteiger partial charge on any atom is -0.481 e.